The number of hydrogen-bond donors (Lipinski definition) is 1. The van der Waals surface area contributed by atoms with Crippen molar-refractivity contribution < 1.29 is 14.3 Å². The molecule has 1 aromatic heterocycles. The summed E-state index contributed by atoms with van der Waals surface area (Å²) in [4.78, 5) is 17.6. The molecule has 0 aliphatic carbocycles. The van der Waals surface area contributed by atoms with Crippen molar-refractivity contribution >= 4 is 33.5 Å². The molecule has 7 nitrogen and oxygen atoms in total. The number of carbonyl (C=O) groups excluding carboxylic acids is 1. The monoisotopic (exact) mass is 530 g/mol. The third kappa shape index (κ3) is 4.83. The average Bonchev–Trinajstić information content (AvgIpc) is 3.37. The molecule has 0 spiro atoms. The largest absolute Gasteiger partial charge is 0.489 e. The quantitative estimate of drug-likeness (QED) is 0.313. The van der Waals surface area contributed by atoms with Crippen LogP contribution in [0.5, 0.6) is 5.75 Å². The van der Waals surface area contributed by atoms with Crippen LogP contribution in [0.2, 0.25) is 0 Å². The van der Waals surface area contributed by atoms with E-state index in [0.717, 1.165) is 26.9 Å². The van der Waals surface area contributed by atoms with E-state index in [1.807, 2.05) is 78.9 Å². The molecule has 1 N–H and O–H groups in total. The van der Waals surface area contributed by atoms with Gasteiger partial charge in [-0.2, -0.15) is 10.1 Å². The fraction of sp³-hybridized carbons (Fsp3) is 0.148. The zero-order valence-electron chi connectivity index (χ0n) is 19.0. The number of benzene rings is 3. The van der Waals surface area contributed by atoms with Gasteiger partial charge in [0.1, 0.15) is 24.7 Å². The normalized spacial score (nSPS) is 14.7. The fourth-order valence-electron chi connectivity index (χ4n) is 4.02. The van der Waals surface area contributed by atoms with Crippen molar-refractivity contribution in [2.24, 2.45) is 0 Å². The summed E-state index contributed by atoms with van der Waals surface area (Å²) in [5, 5.41) is 7.68. The minimum absolute atomic E-state index is 0.268. The van der Waals surface area contributed by atoms with Gasteiger partial charge in [-0.3, -0.25) is 0 Å². The first-order valence-electron chi connectivity index (χ1n) is 11.2. The van der Waals surface area contributed by atoms with Crippen molar-refractivity contribution in [1.29, 1.82) is 0 Å². The predicted octanol–water partition coefficient (Wildman–Crippen LogP) is 5.61. The lowest BCUT2D eigenvalue weighted by molar-refractivity contribution is -0.138. The molecular formula is C27H23BrN4O3. The number of halogens is 1. The van der Waals surface area contributed by atoms with E-state index in [9.17, 15) is 4.79 Å². The highest BCUT2D eigenvalue weighted by Gasteiger charge is 2.36. The first kappa shape index (κ1) is 22.9. The van der Waals surface area contributed by atoms with Crippen LogP contribution < -0.4 is 10.1 Å². The van der Waals surface area contributed by atoms with Crippen molar-refractivity contribution in [1.82, 2.24) is 14.8 Å². The van der Waals surface area contributed by atoms with Gasteiger partial charge < -0.3 is 14.8 Å². The van der Waals surface area contributed by atoms with Gasteiger partial charge in [0.05, 0.1) is 17.9 Å². The van der Waals surface area contributed by atoms with Gasteiger partial charge in [-0.1, -0.05) is 70.5 Å². The molecule has 1 aliphatic heterocycles. The molecule has 0 fully saturated rings. The van der Waals surface area contributed by atoms with E-state index in [1.54, 1.807) is 11.6 Å². The Kier molecular flexibility index (Phi) is 6.63. The van der Waals surface area contributed by atoms with Crippen molar-refractivity contribution in [3.8, 4) is 5.75 Å². The summed E-state index contributed by atoms with van der Waals surface area (Å²) in [5.74, 6) is 0.882. The van der Waals surface area contributed by atoms with Crippen LogP contribution in [0.25, 0.3) is 5.70 Å². The van der Waals surface area contributed by atoms with E-state index in [0.29, 0.717) is 23.8 Å². The molecule has 4 aromatic rings. The molecule has 0 saturated carbocycles. The van der Waals surface area contributed by atoms with Gasteiger partial charge in [-0.25, -0.2) is 9.48 Å². The van der Waals surface area contributed by atoms with Gasteiger partial charge in [0.15, 0.2) is 0 Å². The highest BCUT2D eigenvalue weighted by molar-refractivity contribution is 9.10. The lowest BCUT2D eigenvalue weighted by Crippen LogP contribution is -2.30. The SMILES string of the molecule is CCOC(=O)C1=C(c2ccccc2)Nc2ncnn2[C@H]1c1ccc(OCc2ccc(Br)cc2)cc1. The summed E-state index contributed by atoms with van der Waals surface area (Å²) in [7, 11) is 0. The average molecular weight is 531 g/mol. The summed E-state index contributed by atoms with van der Waals surface area (Å²) in [5.41, 5.74) is 3.93. The second-order valence-corrected chi connectivity index (χ2v) is 8.83. The predicted molar refractivity (Wildman–Crippen MR) is 137 cm³/mol. The first-order valence-corrected chi connectivity index (χ1v) is 12.0. The van der Waals surface area contributed by atoms with Crippen molar-refractivity contribution in [2.75, 3.05) is 11.9 Å². The number of aromatic nitrogens is 3. The molecule has 0 saturated heterocycles. The van der Waals surface area contributed by atoms with E-state index in [1.165, 1.54) is 6.33 Å². The maximum absolute atomic E-state index is 13.2. The molecule has 0 radical (unpaired) electrons. The molecule has 1 aliphatic rings. The van der Waals surface area contributed by atoms with E-state index < -0.39 is 12.0 Å². The van der Waals surface area contributed by atoms with Gasteiger partial charge in [-0.15, -0.1) is 0 Å². The molecular weight excluding hydrogens is 508 g/mol. The lowest BCUT2D eigenvalue weighted by Gasteiger charge is -2.29. The molecule has 35 heavy (non-hydrogen) atoms. The Bertz CT molecular complexity index is 1350. The molecule has 3 aromatic carbocycles. The zero-order valence-corrected chi connectivity index (χ0v) is 20.6. The summed E-state index contributed by atoms with van der Waals surface area (Å²) >= 11 is 3.45. The summed E-state index contributed by atoms with van der Waals surface area (Å²) in [6, 6.07) is 24.9. The van der Waals surface area contributed by atoms with Crippen LogP contribution in [0.15, 0.2) is 95.2 Å². The number of carbonyl (C=O) groups is 1. The van der Waals surface area contributed by atoms with Crippen LogP contribution in [0, 0.1) is 0 Å². The van der Waals surface area contributed by atoms with Crippen LogP contribution in [0.3, 0.4) is 0 Å². The number of anilines is 1. The molecule has 0 amide bonds. The Morgan fingerprint density at radius 2 is 1.77 bits per heavy atom. The Morgan fingerprint density at radius 3 is 2.49 bits per heavy atom. The molecule has 0 unspecified atom stereocenters. The Labute approximate surface area is 211 Å². The second-order valence-electron chi connectivity index (χ2n) is 7.92. The summed E-state index contributed by atoms with van der Waals surface area (Å²) in [6.45, 7) is 2.52. The van der Waals surface area contributed by atoms with E-state index in [2.05, 4.69) is 31.3 Å². The molecule has 8 heteroatoms. The third-order valence-corrected chi connectivity index (χ3v) is 6.20. The molecule has 5 rings (SSSR count). The number of ether oxygens (including phenoxy) is 2. The number of hydrogen-bond acceptors (Lipinski definition) is 6. The van der Waals surface area contributed by atoms with Gasteiger partial charge in [0, 0.05) is 4.47 Å². The number of esters is 1. The van der Waals surface area contributed by atoms with E-state index in [-0.39, 0.29) is 6.61 Å². The molecule has 176 valence electrons. The molecule has 2 heterocycles. The Balaban J connectivity index is 1.50. The van der Waals surface area contributed by atoms with Gasteiger partial charge in [0.25, 0.3) is 0 Å². The van der Waals surface area contributed by atoms with Crippen LogP contribution in [-0.2, 0) is 16.1 Å². The fourth-order valence-corrected chi connectivity index (χ4v) is 4.29. The third-order valence-electron chi connectivity index (χ3n) is 5.67. The Hall–Kier alpha value is -3.91. The van der Waals surface area contributed by atoms with Crippen LogP contribution in [0.1, 0.15) is 29.7 Å². The topological polar surface area (TPSA) is 78.3 Å². The highest BCUT2D eigenvalue weighted by Crippen LogP contribution is 2.39. The highest BCUT2D eigenvalue weighted by atomic mass is 79.9. The minimum Gasteiger partial charge on any atom is -0.489 e. The minimum atomic E-state index is -0.511. The van der Waals surface area contributed by atoms with Crippen molar-refractivity contribution in [3.63, 3.8) is 0 Å². The summed E-state index contributed by atoms with van der Waals surface area (Å²) in [6.07, 6.45) is 1.47. The van der Waals surface area contributed by atoms with Crippen molar-refractivity contribution in [3.05, 3.63) is 112 Å². The van der Waals surface area contributed by atoms with E-state index in [4.69, 9.17) is 9.47 Å². The van der Waals surface area contributed by atoms with Crippen LogP contribution in [-0.4, -0.2) is 27.3 Å². The second kappa shape index (κ2) is 10.1. The number of rotatable bonds is 7. The molecule has 1 atom stereocenters. The lowest BCUT2D eigenvalue weighted by atomic mass is 9.93. The summed E-state index contributed by atoms with van der Waals surface area (Å²) < 4.78 is 14.2. The van der Waals surface area contributed by atoms with Crippen LogP contribution >= 0.6 is 15.9 Å². The standard InChI is InChI=1S/C27H23BrN4O3/c1-2-34-26(33)23-24(19-6-4-3-5-7-19)31-27-29-17-30-32(27)25(23)20-10-14-22(15-11-20)35-16-18-8-12-21(28)13-9-18/h3-15,17,25H,2,16H2,1H3,(H,29,30,31)/t25-/m0/s1. The van der Waals surface area contributed by atoms with Crippen LogP contribution in [0.4, 0.5) is 5.95 Å². The number of nitrogens with one attached hydrogen (secondary N) is 1. The first-order chi connectivity index (χ1) is 17.1. The van der Waals surface area contributed by atoms with Gasteiger partial charge in [-0.05, 0) is 47.9 Å². The van der Waals surface area contributed by atoms with Gasteiger partial charge >= 0.3 is 5.97 Å². The maximum Gasteiger partial charge on any atom is 0.338 e. The molecule has 0 bridgehead atoms. The number of fused-ring (bicyclic) bond motifs is 1. The van der Waals surface area contributed by atoms with E-state index >= 15 is 0 Å². The van der Waals surface area contributed by atoms with Gasteiger partial charge in [0.2, 0.25) is 5.95 Å². The maximum atomic E-state index is 13.2. The smallest absolute Gasteiger partial charge is 0.338 e. The zero-order chi connectivity index (χ0) is 24.2. The van der Waals surface area contributed by atoms with Crippen molar-refractivity contribution in [2.45, 2.75) is 19.6 Å². The Morgan fingerprint density at radius 1 is 1.03 bits per heavy atom. The number of nitrogens with zero attached hydrogens (tertiary/aromatic N) is 3.